The molecule has 1 nitrogen and oxygen atoms in total. The van der Waals surface area contributed by atoms with Crippen LogP contribution in [0.2, 0.25) is 0 Å². The minimum atomic E-state index is 0.0790. The largest absolute Gasteiger partial charge is 0.295 e. The summed E-state index contributed by atoms with van der Waals surface area (Å²) in [6, 6.07) is 18.4. The standard InChI is InChI=1S/C17H16O/c1-13(12-14(2)18)16-10-6-7-11-17(16)15-8-4-3-5-9-15/h3-12H,1-2H3/b13-12+. The van der Waals surface area contributed by atoms with Crippen molar-refractivity contribution in [2.45, 2.75) is 13.8 Å². The predicted molar refractivity (Wildman–Crippen MR) is 76.2 cm³/mol. The number of rotatable bonds is 3. The second kappa shape index (κ2) is 5.46. The first-order chi connectivity index (χ1) is 8.68. The molecule has 18 heavy (non-hydrogen) atoms. The maximum absolute atomic E-state index is 11.2. The molecule has 0 bridgehead atoms. The molecule has 0 radical (unpaired) electrons. The van der Waals surface area contributed by atoms with Gasteiger partial charge < -0.3 is 0 Å². The Labute approximate surface area is 108 Å². The molecule has 0 saturated carbocycles. The second-order valence-electron chi connectivity index (χ2n) is 4.35. The quantitative estimate of drug-likeness (QED) is 0.724. The van der Waals surface area contributed by atoms with Crippen LogP contribution in [0.15, 0.2) is 60.7 Å². The van der Waals surface area contributed by atoms with Gasteiger partial charge in [-0.05, 0) is 42.2 Å². The molecule has 0 N–H and O–H groups in total. The summed E-state index contributed by atoms with van der Waals surface area (Å²) in [5.41, 5.74) is 4.44. The van der Waals surface area contributed by atoms with Gasteiger partial charge in [0.15, 0.2) is 5.78 Å². The molecule has 0 amide bonds. The Morgan fingerprint density at radius 1 is 0.889 bits per heavy atom. The number of hydrogen-bond donors (Lipinski definition) is 0. The van der Waals surface area contributed by atoms with Crippen LogP contribution < -0.4 is 0 Å². The highest BCUT2D eigenvalue weighted by atomic mass is 16.1. The monoisotopic (exact) mass is 236 g/mol. The second-order valence-corrected chi connectivity index (χ2v) is 4.35. The fraction of sp³-hybridized carbons (Fsp3) is 0.118. The number of benzene rings is 2. The fourth-order valence-electron chi connectivity index (χ4n) is 2.08. The van der Waals surface area contributed by atoms with Crippen LogP contribution in [-0.2, 0) is 4.79 Å². The van der Waals surface area contributed by atoms with Gasteiger partial charge in [0.05, 0.1) is 0 Å². The van der Waals surface area contributed by atoms with E-state index in [4.69, 9.17) is 0 Å². The van der Waals surface area contributed by atoms with E-state index in [-0.39, 0.29) is 5.78 Å². The lowest BCUT2D eigenvalue weighted by Crippen LogP contribution is -1.90. The zero-order valence-electron chi connectivity index (χ0n) is 10.7. The molecule has 0 saturated heterocycles. The Morgan fingerprint density at radius 3 is 2.17 bits per heavy atom. The molecule has 90 valence electrons. The minimum Gasteiger partial charge on any atom is -0.295 e. The summed E-state index contributed by atoms with van der Waals surface area (Å²) < 4.78 is 0. The fourth-order valence-corrected chi connectivity index (χ4v) is 2.08. The number of carbonyl (C=O) groups excluding carboxylic acids is 1. The van der Waals surface area contributed by atoms with Crippen LogP contribution in [0.1, 0.15) is 19.4 Å². The Hall–Kier alpha value is -2.15. The molecule has 0 aliphatic rings. The topological polar surface area (TPSA) is 17.1 Å². The number of allylic oxidation sites excluding steroid dienone is 2. The van der Waals surface area contributed by atoms with Crippen LogP contribution in [0.4, 0.5) is 0 Å². The molecular weight excluding hydrogens is 220 g/mol. The van der Waals surface area contributed by atoms with E-state index in [1.807, 2.05) is 37.3 Å². The highest BCUT2D eigenvalue weighted by molar-refractivity contribution is 5.96. The Kier molecular flexibility index (Phi) is 3.73. The Bertz CT molecular complexity index is 580. The van der Waals surface area contributed by atoms with Crippen molar-refractivity contribution >= 4 is 11.4 Å². The molecule has 0 aliphatic carbocycles. The SMILES string of the molecule is CC(=O)/C=C(\C)c1ccccc1-c1ccccc1. The van der Waals surface area contributed by atoms with Gasteiger partial charge in [-0.15, -0.1) is 0 Å². The van der Waals surface area contributed by atoms with E-state index in [9.17, 15) is 4.79 Å². The molecule has 0 aliphatic heterocycles. The van der Waals surface area contributed by atoms with Gasteiger partial charge in [-0.1, -0.05) is 54.6 Å². The zero-order valence-corrected chi connectivity index (χ0v) is 10.7. The lowest BCUT2D eigenvalue weighted by Gasteiger charge is -2.09. The first kappa shape index (κ1) is 12.3. The zero-order chi connectivity index (χ0) is 13.0. The van der Waals surface area contributed by atoms with E-state index in [1.165, 1.54) is 5.56 Å². The van der Waals surface area contributed by atoms with E-state index in [0.717, 1.165) is 16.7 Å². The van der Waals surface area contributed by atoms with Crippen LogP contribution >= 0.6 is 0 Å². The van der Waals surface area contributed by atoms with E-state index in [2.05, 4.69) is 24.3 Å². The third kappa shape index (κ3) is 2.75. The summed E-state index contributed by atoms with van der Waals surface area (Å²) in [4.78, 5) is 11.2. The average Bonchev–Trinajstić information content (AvgIpc) is 2.39. The van der Waals surface area contributed by atoms with Crippen molar-refractivity contribution in [1.82, 2.24) is 0 Å². The predicted octanol–water partition coefficient (Wildman–Crippen LogP) is 4.35. The van der Waals surface area contributed by atoms with Crippen molar-refractivity contribution < 1.29 is 4.79 Å². The average molecular weight is 236 g/mol. The van der Waals surface area contributed by atoms with Crippen molar-refractivity contribution in [2.24, 2.45) is 0 Å². The van der Waals surface area contributed by atoms with E-state index < -0.39 is 0 Å². The van der Waals surface area contributed by atoms with E-state index in [0.29, 0.717) is 0 Å². The minimum absolute atomic E-state index is 0.0790. The maximum Gasteiger partial charge on any atom is 0.152 e. The van der Waals surface area contributed by atoms with Gasteiger partial charge >= 0.3 is 0 Å². The molecule has 0 heterocycles. The molecular formula is C17H16O. The van der Waals surface area contributed by atoms with E-state index in [1.54, 1.807) is 13.0 Å². The summed E-state index contributed by atoms with van der Waals surface area (Å²) in [6.45, 7) is 3.55. The van der Waals surface area contributed by atoms with E-state index >= 15 is 0 Å². The summed E-state index contributed by atoms with van der Waals surface area (Å²) in [6.07, 6.45) is 1.68. The normalized spacial score (nSPS) is 11.3. The van der Waals surface area contributed by atoms with Crippen LogP contribution in [0.5, 0.6) is 0 Å². The molecule has 2 aromatic carbocycles. The van der Waals surface area contributed by atoms with Crippen molar-refractivity contribution in [3.8, 4) is 11.1 Å². The molecule has 1 heteroatoms. The van der Waals surface area contributed by atoms with Crippen LogP contribution in [0.3, 0.4) is 0 Å². The first-order valence-electron chi connectivity index (χ1n) is 6.02. The maximum atomic E-state index is 11.2. The van der Waals surface area contributed by atoms with Crippen molar-refractivity contribution in [2.75, 3.05) is 0 Å². The van der Waals surface area contributed by atoms with Crippen LogP contribution in [-0.4, -0.2) is 5.78 Å². The van der Waals surface area contributed by atoms with Gasteiger partial charge in [0, 0.05) is 0 Å². The molecule has 0 aromatic heterocycles. The smallest absolute Gasteiger partial charge is 0.152 e. The molecule has 0 atom stereocenters. The van der Waals surface area contributed by atoms with Gasteiger partial charge in [-0.3, -0.25) is 4.79 Å². The summed E-state index contributed by atoms with van der Waals surface area (Å²) in [5.74, 6) is 0.0790. The first-order valence-corrected chi connectivity index (χ1v) is 6.02. The van der Waals surface area contributed by atoms with Gasteiger partial charge in [0.25, 0.3) is 0 Å². The van der Waals surface area contributed by atoms with Gasteiger partial charge in [-0.2, -0.15) is 0 Å². The molecule has 2 rings (SSSR count). The summed E-state index contributed by atoms with van der Waals surface area (Å²) >= 11 is 0. The Morgan fingerprint density at radius 2 is 1.50 bits per heavy atom. The molecule has 2 aromatic rings. The lowest BCUT2D eigenvalue weighted by molar-refractivity contribution is -0.112. The van der Waals surface area contributed by atoms with Gasteiger partial charge in [0.1, 0.15) is 0 Å². The number of carbonyl (C=O) groups is 1. The van der Waals surface area contributed by atoms with Gasteiger partial charge in [-0.25, -0.2) is 0 Å². The Balaban J connectivity index is 2.54. The lowest BCUT2D eigenvalue weighted by atomic mass is 9.95. The third-order valence-electron chi connectivity index (χ3n) is 2.86. The number of hydrogen-bond acceptors (Lipinski definition) is 1. The highest BCUT2D eigenvalue weighted by Crippen LogP contribution is 2.28. The van der Waals surface area contributed by atoms with Crippen molar-refractivity contribution in [3.63, 3.8) is 0 Å². The van der Waals surface area contributed by atoms with Crippen molar-refractivity contribution in [3.05, 3.63) is 66.2 Å². The van der Waals surface area contributed by atoms with Crippen LogP contribution in [0, 0.1) is 0 Å². The van der Waals surface area contributed by atoms with Crippen molar-refractivity contribution in [1.29, 1.82) is 0 Å². The third-order valence-corrected chi connectivity index (χ3v) is 2.86. The molecule has 0 fully saturated rings. The van der Waals surface area contributed by atoms with Crippen LogP contribution in [0.25, 0.3) is 16.7 Å². The summed E-state index contributed by atoms with van der Waals surface area (Å²) in [5, 5.41) is 0. The number of ketones is 1. The highest BCUT2D eigenvalue weighted by Gasteiger charge is 2.05. The molecule has 0 unspecified atom stereocenters. The molecule has 0 spiro atoms. The van der Waals surface area contributed by atoms with Gasteiger partial charge in [0.2, 0.25) is 0 Å². The summed E-state index contributed by atoms with van der Waals surface area (Å²) in [7, 11) is 0.